The lowest BCUT2D eigenvalue weighted by Crippen LogP contribution is -2.42. The number of hydrogen-bond acceptors (Lipinski definition) is 3. The quantitative estimate of drug-likeness (QED) is 0.913. The summed E-state index contributed by atoms with van der Waals surface area (Å²) in [6.45, 7) is 2.21. The van der Waals surface area contributed by atoms with Crippen molar-refractivity contribution >= 4 is 11.9 Å². The molecule has 5 heteroatoms. The van der Waals surface area contributed by atoms with Crippen LogP contribution < -0.4 is 4.74 Å². The molecule has 5 nitrogen and oxygen atoms in total. The normalized spacial score (nSPS) is 30.5. The Morgan fingerprint density at radius 2 is 2.16 bits per heavy atom. The molecule has 1 spiro atoms. The van der Waals surface area contributed by atoms with E-state index in [9.17, 15) is 9.59 Å². The fourth-order valence-electron chi connectivity index (χ4n) is 4.73. The molecule has 0 bridgehead atoms. The largest absolute Gasteiger partial charge is 0.493 e. The molecule has 1 aliphatic carbocycles. The molecule has 1 saturated heterocycles. The Morgan fingerprint density at radius 1 is 1.32 bits per heavy atom. The van der Waals surface area contributed by atoms with E-state index in [0.29, 0.717) is 18.9 Å². The molecule has 2 aliphatic heterocycles. The highest BCUT2D eigenvalue weighted by atomic mass is 16.5. The van der Waals surface area contributed by atoms with E-state index in [1.807, 2.05) is 23.1 Å². The summed E-state index contributed by atoms with van der Waals surface area (Å²) < 4.78 is 5.76. The summed E-state index contributed by atoms with van der Waals surface area (Å²) in [5.74, 6) is 0.836. The van der Waals surface area contributed by atoms with E-state index < -0.39 is 5.97 Å². The van der Waals surface area contributed by atoms with E-state index in [0.717, 1.165) is 44.5 Å². The first-order chi connectivity index (χ1) is 12.1. The van der Waals surface area contributed by atoms with Gasteiger partial charge in [-0.1, -0.05) is 18.2 Å². The molecule has 134 valence electrons. The molecule has 25 heavy (non-hydrogen) atoms. The average Bonchev–Trinajstić information content (AvgIpc) is 3.34. The van der Waals surface area contributed by atoms with Crippen LogP contribution in [0.15, 0.2) is 24.3 Å². The summed E-state index contributed by atoms with van der Waals surface area (Å²) in [4.78, 5) is 25.9. The zero-order valence-electron chi connectivity index (χ0n) is 14.4. The van der Waals surface area contributed by atoms with Gasteiger partial charge in [0, 0.05) is 36.4 Å². The SMILES string of the molecule is O=C(O)CCC1CCCN(C(=O)C2CC23CCOc2ccccc23)C1. The van der Waals surface area contributed by atoms with Crippen molar-refractivity contribution < 1.29 is 19.4 Å². The number of carboxylic acid groups (broad SMARTS) is 1. The number of aliphatic carboxylic acids is 1. The molecule has 1 amide bonds. The number of hydrogen-bond donors (Lipinski definition) is 1. The Hall–Kier alpha value is -2.04. The van der Waals surface area contributed by atoms with E-state index in [4.69, 9.17) is 9.84 Å². The second-order valence-corrected chi connectivity index (χ2v) is 7.73. The predicted octanol–water partition coefficient (Wildman–Crippen LogP) is 2.83. The second-order valence-electron chi connectivity index (χ2n) is 7.73. The molecule has 2 fully saturated rings. The van der Waals surface area contributed by atoms with Gasteiger partial charge >= 0.3 is 5.97 Å². The number of ether oxygens (including phenoxy) is 1. The van der Waals surface area contributed by atoms with Crippen molar-refractivity contribution in [2.24, 2.45) is 11.8 Å². The highest BCUT2D eigenvalue weighted by Gasteiger charge is 2.61. The molecule has 1 saturated carbocycles. The van der Waals surface area contributed by atoms with Crippen LogP contribution in [0.5, 0.6) is 5.75 Å². The van der Waals surface area contributed by atoms with Crippen molar-refractivity contribution in [3.8, 4) is 5.75 Å². The van der Waals surface area contributed by atoms with E-state index in [2.05, 4.69) is 6.07 Å². The number of fused-ring (bicyclic) bond motifs is 2. The maximum atomic E-state index is 13.1. The van der Waals surface area contributed by atoms with Gasteiger partial charge in [-0.2, -0.15) is 0 Å². The topological polar surface area (TPSA) is 66.8 Å². The molecule has 0 radical (unpaired) electrons. The van der Waals surface area contributed by atoms with Crippen LogP contribution in [-0.4, -0.2) is 41.6 Å². The third-order valence-corrected chi connectivity index (χ3v) is 6.20. The Labute approximate surface area is 148 Å². The van der Waals surface area contributed by atoms with E-state index >= 15 is 0 Å². The van der Waals surface area contributed by atoms with Crippen LogP contribution in [0.1, 0.15) is 44.1 Å². The summed E-state index contributed by atoms with van der Waals surface area (Å²) in [6, 6.07) is 8.11. The first kappa shape index (κ1) is 16.4. The first-order valence-corrected chi connectivity index (χ1v) is 9.33. The molecule has 3 aliphatic rings. The minimum atomic E-state index is -0.747. The van der Waals surface area contributed by atoms with Gasteiger partial charge in [-0.05, 0) is 44.1 Å². The van der Waals surface area contributed by atoms with Gasteiger partial charge in [-0.3, -0.25) is 9.59 Å². The minimum Gasteiger partial charge on any atom is -0.493 e. The number of carbonyl (C=O) groups excluding carboxylic acids is 1. The summed E-state index contributed by atoms with van der Waals surface area (Å²) in [7, 11) is 0. The maximum absolute atomic E-state index is 13.1. The fraction of sp³-hybridized carbons (Fsp3) is 0.600. The van der Waals surface area contributed by atoms with Gasteiger partial charge in [0.25, 0.3) is 0 Å². The van der Waals surface area contributed by atoms with E-state index in [-0.39, 0.29) is 23.7 Å². The van der Waals surface area contributed by atoms with E-state index in [1.54, 1.807) is 0 Å². The van der Waals surface area contributed by atoms with Crippen molar-refractivity contribution in [3.05, 3.63) is 29.8 Å². The molecule has 1 N–H and O–H groups in total. The third kappa shape index (κ3) is 3.00. The van der Waals surface area contributed by atoms with Crippen molar-refractivity contribution in [1.82, 2.24) is 4.90 Å². The van der Waals surface area contributed by atoms with Crippen LogP contribution >= 0.6 is 0 Å². The molecular weight excluding hydrogens is 318 g/mol. The van der Waals surface area contributed by atoms with Gasteiger partial charge in [0.05, 0.1) is 6.61 Å². The monoisotopic (exact) mass is 343 g/mol. The molecule has 1 aromatic carbocycles. The molecular formula is C20H25NO4. The van der Waals surface area contributed by atoms with Gasteiger partial charge in [0.1, 0.15) is 5.75 Å². The van der Waals surface area contributed by atoms with Gasteiger partial charge in [-0.25, -0.2) is 0 Å². The molecule has 4 rings (SSSR count). The van der Waals surface area contributed by atoms with Crippen LogP contribution in [0.25, 0.3) is 0 Å². The number of piperidine rings is 1. The first-order valence-electron chi connectivity index (χ1n) is 9.33. The second kappa shape index (κ2) is 6.36. The number of amides is 1. The number of carboxylic acids is 1. The zero-order valence-corrected chi connectivity index (χ0v) is 14.4. The van der Waals surface area contributed by atoms with Crippen LogP contribution in [0, 0.1) is 11.8 Å². The van der Waals surface area contributed by atoms with Crippen LogP contribution in [0.4, 0.5) is 0 Å². The van der Waals surface area contributed by atoms with Gasteiger partial charge in [0.15, 0.2) is 0 Å². The summed E-state index contributed by atoms with van der Waals surface area (Å²) in [6.07, 6.45) is 4.72. The van der Waals surface area contributed by atoms with Gasteiger partial charge in [-0.15, -0.1) is 0 Å². The maximum Gasteiger partial charge on any atom is 0.303 e. The van der Waals surface area contributed by atoms with E-state index in [1.165, 1.54) is 5.56 Å². The third-order valence-electron chi connectivity index (χ3n) is 6.20. The Kier molecular flexibility index (Phi) is 4.18. The summed E-state index contributed by atoms with van der Waals surface area (Å²) in [5, 5.41) is 8.88. The van der Waals surface area contributed by atoms with Crippen molar-refractivity contribution in [3.63, 3.8) is 0 Å². The number of benzene rings is 1. The predicted molar refractivity (Wildman–Crippen MR) is 92.5 cm³/mol. The summed E-state index contributed by atoms with van der Waals surface area (Å²) in [5.41, 5.74) is 1.17. The van der Waals surface area contributed by atoms with Crippen molar-refractivity contribution in [1.29, 1.82) is 0 Å². The molecule has 1 aromatic rings. The van der Waals surface area contributed by atoms with Gasteiger partial charge < -0.3 is 14.7 Å². The molecule has 3 atom stereocenters. The summed E-state index contributed by atoms with van der Waals surface area (Å²) >= 11 is 0. The lowest BCUT2D eigenvalue weighted by atomic mass is 9.86. The number of rotatable bonds is 4. The highest BCUT2D eigenvalue weighted by molar-refractivity contribution is 5.85. The Bertz CT molecular complexity index is 688. The lowest BCUT2D eigenvalue weighted by molar-refractivity contribution is -0.137. The number of likely N-dealkylation sites (tertiary alicyclic amines) is 1. The van der Waals surface area contributed by atoms with Crippen LogP contribution in [0.3, 0.4) is 0 Å². The number of para-hydroxylation sites is 1. The Balaban J connectivity index is 1.44. The lowest BCUT2D eigenvalue weighted by Gasteiger charge is -2.34. The molecule has 3 unspecified atom stereocenters. The minimum absolute atomic E-state index is 0.0278. The molecule has 2 heterocycles. The van der Waals surface area contributed by atoms with Crippen LogP contribution in [-0.2, 0) is 15.0 Å². The van der Waals surface area contributed by atoms with Crippen molar-refractivity contribution in [2.45, 2.75) is 43.9 Å². The van der Waals surface area contributed by atoms with Crippen LogP contribution in [0.2, 0.25) is 0 Å². The number of nitrogens with zero attached hydrogens (tertiary/aromatic N) is 1. The zero-order chi connectivity index (χ0) is 17.4. The average molecular weight is 343 g/mol. The highest BCUT2D eigenvalue weighted by Crippen LogP contribution is 2.61. The standard InChI is InChI=1S/C20H25NO4/c22-18(23)8-7-14-4-3-10-21(13-14)19(24)16-12-20(16)9-11-25-17-6-2-1-5-15(17)20/h1-2,5-6,14,16H,3-4,7-13H2,(H,22,23). The fourth-order valence-corrected chi connectivity index (χ4v) is 4.73. The van der Waals surface area contributed by atoms with Gasteiger partial charge in [0.2, 0.25) is 5.91 Å². The Morgan fingerprint density at radius 3 is 3.00 bits per heavy atom. The smallest absolute Gasteiger partial charge is 0.303 e. The number of carbonyl (C=O) groups is 2. The van der Waals surface area contributed by atoms with Crippen molar-refractivity contribution in [2.75, 3.05) is 19.7 Å². The molecule has 0 aromatic heterocycles.